The van der Waals surface area contributed by atoms with Crippen LogP contribution in [-0.2, 0) is 4.79 Å². The van der Waals surface area contributed by atoms with Crippen LogP contribution in [0.2, 0.25) is 5.02 Å². The lowest BCUT2D eigenvalue weighted by Crippen LogP contribution is -2.64. The number of halogens is 1. The number of carbonyl (C=O) groups is 1. The average Bonchev–Trinajstić information content (AvgIpc) is 2.74. The summed E-state index contributed by atoms with van der Waals surface area (Å²) in [6.07, 6.45) is 0.215. The summed E-state index contributed by atoms with van der Waals surface area (Å²) in [6.45, 7) is 3.52. The van der Waals surface area contributed by atoms with Crippen LogP contribution in [0, 0.1) is 0 Å². The second kappa shape index (κ2) is 8.39. The molecule has 2 saturated heterocycles. The Labute approximate surface area is 170 Å². The van der Waals surface area contributed by atoms with Crippen LogP contribution >= 0.6 is 11.6 Å². The van der Waals surface area contributed by atoms with E-state index in [0.29, 0.717) is 11.4 Å². The number of nitrogens with zero attached hydrogens (tertiary/aromatic N) is 2. The molecular formula is C21H25ClN4O2. The van der Waals surface area contributed by atoms with Crippen LogP contribution in [-0.4, -0.2) is 50.4 Å². The van der Waals surface area contributed by atoms with E-state index in [1.165, 1.54) is 5.69 Å². The largest absolute Gasteiger partial charge is 0.497 e. The zero-order valence-corrected chi connectivity index (χ0v) is 16.7. The zero-order valence-electron chi connectivity index (χ0n) is 15.9. The van der Waals surface area contributed by atoms with E-state index in [1.807, 2.05) is 36.4 Å². The molecule has 4 rings (SSSR count). The summed E-state index contributed by atoms with van der Waals surface area (Å²) in [5.74, 6) is 0.911. The summed E-state index contributed by atoms with van der Waals surface area (Å²) in [5, 5.41) is 7.32. The highest BCUT2D eigenvalue weighted by atomic mass is 35.5. The Morgan fingerprint density at radius 1 is 1.04 bits per heavy atom. The molecule has 7 heteroatoms. The molecule has 6 nitrogen and oxygen atoms in total. The van der Waals surface area contributed by atoms with Crippen LogP contribution in [0.3, 0.4) is 0 Å². The third-order valence-corrected chi connectivity index (χ3v) is 5.79. The lowest BCUT2D eigenvalue weighted by Gasteiger charge is -2.43. The molecule has 148 valence electrons. The number of carbonyl (C=O) groups excluding carboxylic acids is 1. The Hall–Kier alpha value is -2.28. The first kappa shape index (κ1) is 19.1. The van der Waals surface area contributed by atoms with E-state index >= 15 is 0 Å². The number of piperazine rings is 1. The highest BCUT2D eigenvalue weighted by molar-refractivity contribution is 6.31. The van der Waals surface area contributed by atoms with E-state index in [-0.39, 0.29) is 18.2 Å². The highest BCUT2D eigenvalue weighted by Crippen LogP contribution is 2.28. The van der Waals surface area contributed by atoms with Crippen molar-refractivity contribution in [3.05, 3.63) is 59.1 Å². The van der Waals surface area contributed by atoms with Gasteiger partial charge in [0.2, 0.25) is 5.91 Å². The van der Waals surface area contributed by atoms with Crippen molar-refractivity contribution in [2.24, 2.45) is 0 Å². The molecule has 0 saturated carbocycles. The number of benzene rings is 2. The van der Waals surface area contributed by atoms with E-state index in [9.17, 15) is 4.79 Å². The van der Waals surface area contributed by atoms with Crippen LogP contribution in [0.25, 0.3) is 0 Å². The molecule has 0 radical (unpaired) electrons. The van der Waals surface area contributed by atoms with Gasteiger partial charge in [0, 0.05) is 49.4 Å². The van der Waals surface area contributed by atoms with E-state index in [1.54, 1.807) is 7.11 Å². The van der Waals surface area contributed by atoms with Crippen LogP contribution < -0.4 is 20.3 Å². The van der Waals surface area contributed by atoms with Gasteiger partial charge in [-0.25, -0.2) is 0 Å². The van der Waals surface area contributed by atoms with Crippen molar-refractivity contribution in [1.29, 1.82) is 0 Å². The third-order valence-electron chi connectivity index (χ3n) is 5.44. The van der Waals surface area contributed by atoms with Gasteiger partial charge in [-0.3, -0.25) is 15.0 Å². The van der Waals surface area contributed by atoms with Gasteiger partial charge in [0.05, 0.1) is 7.11 Å². The average molecular weight is 401 g/mol. The molecule has 2 atom stereocenters. The van der Waals surface area contributed by atoms with Gasteiger partial charge in [-0.1, -0.05) is 29.8 Å². The molecule has 0 aliphatic carbocycles. The quantitative estimate of drug-likeness (QED) is 0.826. The van der Waals surface area contributed by atoms with Crippen molar-refractivity contribution >= 4 is 23.2 Å². The van der Waals surface area contributed by atoms with Crippen LogP contribution in [0.15, 0.2) is 48.5 Å². The minimum atomic E-state index is -0.180. The van der Waals surface area contributed by atoms with Gasteiger partial charge in [0.1, 0.15) is 12.0 Å². The number of amides is 1. The highest BCUT2D eigenvalue weighted by Gasteiger charge is 2.32. The van der Waals surface area contributed by atoms with E-state index in [4.69, 9.17) is 16.3 Å². The number of hydrogen-bond donors (Lipinski definition) is 2. The molecule has 2 aliphatic rings. The number of ether oxygens (including phenoxy) is 1. The second-order valence-corrected chi connectivity index (χ2v) is 7.54. The van der Waals surface area contributed by atoms with Crippen molar-refractivity contribution in [1.82, 2.24) is 15.5 Å². The zero-order chi connectivity index (χ0) is 19.5. The third kappa shape index (κ3) is 4.09. The van der Waals surface area contributed by atoms with Crippen molar-refractivity contribution in [3.63, 3.8) is 0 Å². The minimum Gasteiger partial charge on any atom is -0.497 e. The number of anilines is 1. The first-order valence-corrected chi connectivity index (χ1v) is 9.95. The Morgan fingerprint density at radius 3 is 2.43 bits per heavy atom. The molecule has 2 N–H and O–H groups in total. The molecule has 2 unspecified atom stereocenters. The number of nitrogens with one attached hydrogen (secondary N) is 2. The number of rotatable bonds is 4. The number of methoxy groups -OCH3 is 1. The molecule has 2 heterocycles. The van der Waals surface area contributed by atoms with Gasteiger partial charge in [-0.2, -0.15) is 0 Å². The summed E-state index contributed by atoms with van der Waals surface area (Å²) in [5.41, 5.74) is 2.16. The van der Waals surface area contributed by atoms with E-state index in [0.717, 1.165) is 37.5 Å². The van der Waals surface area contributed by atoms with Gasteiger partial charge < -0.3 is 15.0 Å². The molecular weight excluding hydrogens is 376 g/mol. The van der Waals surface area contributed by atoms with Gasteiger partial charge in [-0.15, -0.1) is 0 Å². The fraction of sp³-hybridized carbons (Fsp3) is 0.381. The molecule has 0 aromatic heterocycles. The van der Waals surface area contributed by atoms with Gasteiger partial charge >= 0.3 is 0 Å². The smallest absolute Gasteiger partial charge is 0.224 e. The minimum absolute atomic E-state index is 0.0475. The molecule has 2 aromatic carbocycles. The van der Waals surface area contributed by atoms with Crippen molar-refractivity contribution in [2.45, 2.75) is 18.8 Å². The summed E-state index contributed by atoms with van der Waals surface area (Å²) < 4.78 is 5.23. The lowest BCUT2D eigenvalue weighted by atomic mass is 10.0. The maximum absolute atomic E-state index is 12.3. The monoisotopic (exact) mass is 400 g/mol. The Bertz CT molecular complexity index is 821. The van der Waals surface area contributed by atoms with Crippen molar-refractivity contribution in [3.8, 4) is 5.75 Å². The topological polar surface area (TPSA) is 56.8 Å². The van der Waals surface area contributed by atoms with Gasteiger partial charge in [0.25, 0.3) is 0 Å². The van der Waals surface area contributed by atoms with E-state index < -0.39 is 0 Å². The summed E-state index contributed by atoms with van der Waals surface area (Å²) in [6, 6.07) is 15.8. The maximum Gasteiger partial charge on any atom is 0.224 e. The van der Waals surface area contributed by atoms with Gasteiger partial charge in [-0.05, 0) is 35.9 Å². The Balaban J connectivity index is 1.39. The Morgan fingerprint density at radius 2 is 1.75 bits per heavy atom. The van der Waals surface area contributed by atoms with Crippen LogP contribution in [0.1, 0.15) is 18.0 Å². The van der Waals surface area contributed by atoms with Crippen LogP contribution in [0.4, 0.5) is 5.69 Å². The van der Waals surface area contributed by atoms with Crippen molar-refractivity contribution in [2.75, 3.05) is 38.2 Å². The predicted molar refractivity (Wildman–Crippen MR) is 111 cm³/mol. The molecule has 2 aliphatic heterocycles. The molecule has 0 spiro atoms. The summed E-state index contributed by atoms with van der Waals surface area (Å²) in [7, 11) is 1.68. The number of hydrogen-bond acceptors (Lipinski definition) is 5. The van der Waals surface area contributed by atoms with Crippen molar-refractivity contribution < 1.29 is 9.53 Å². The fourth-order valence-corrected chi connectivity index (χ4v) is 4.14. The first-order chi connectivity index (χ1) is 13.6. The molecule has 1 amide bonds. The standard InChI is InChI=1S/C21H25ClN4O2/c1-28-16-8-6-15(7-9-16)25-10-12-26(13-11-25)21-23-19(14-20(27)24-21)17-4-2-3-5-18(17)22/h2-9,19,21,23H,10-14H2,1H3,(H,24,27). The normalized spacial score (nSPS) is 23.4. The molecule has 28 heavy (non-hydrogen) atoms. The first-order valence-electron chi connectivity index (χ1n) is 9.57. The van der Waals surface area contributed by atoms with Crippen LogP contribution in [0.5, 0.6) is 5.75 Å². The van der Waals surface area contributed by atoms with Gasteiger partial charge in [0.15, 0.2) is 0 Å². The lowest BCUT2D eigenvalue weighted by molar-refractivity contribution is -0.127. The maximum atomic E-state index is 12.3. The molecule has 2 fully saturated rings. The second-order valence-electron chi connectivity index (χ2n) is 7.14. The summed E-state index contributed by atoms with van der Waals surface area (Å²) >= 11 is 6.35. The molecule has 0 bridgehead atoms. The Kier molecular flexibility index (Phi) is 5.71. The molecule has 2 aromatic rings. The van der Waals surface area contributed by atoms with E-state index in [2.05, 4.69) is 32.6 Å². The fourth-order valence-electron chi connectivity index (χ4n) is 3.87. The summed E-state index contributed by atoms with van der Waals surface area (Å²) in [4.78, 5) is 16.9. The SMILES string of the molecule is COc1ccc(N2CCN(C3NC(=O)CC(c4ccccc4Cl)N3)CC2)cc1. The predicted octanol–water partition coefficient (Wildman–Crippen LogP) is 2.61.